The van der Waals surface area contributed by atoms with Gasteiger partial charge in [-0.05, 0) is 128 Å². The summed E-state index contributed by atoms with van der Waals surface area (Å²) in [5.41, 5.74) is 23.8. The van der Waals surface area contributed by atoms with Crippen LogP contribution in [0.25, 0.3) is 50.5 Å². The predicted molar refractivity (Wildman–Crippen MR) is 248 cm³/mol. The molecule has 2 aliphatic heterocycles. The van der Waals surface area contributed by atoms with E-state index in [1.165, 1.54) is 106 Å². The van der Waals surface area contributed by atoms with Crippen molar-refractivity contribution in [3.63, 3.8) is 0 Å². The fraction of sp³-hybridized carbons (Fsp3) is 0.193. The van der Waals surface area contributed by atoms with Gasteiger partial charge in [-0.3, -0.25) is 0 Å². The smallest absolute Gasteiger partial charge is 0.0543 e. The van der Waals surface area contributed by atoms with Gasteiger partial charge in [-0.2, -0.15) is 0 Å². The number of aromatic nitrogens is 1. The Bertz CT molecular complexity index is 3100. The second kappa shape index (κ2) is 11.9. The standard InChI is InChI=1S/C57H48N2/c1-55(2)44-18-11-10-17-40(44)41-33-43-42-31-37(25-29-50(42)58(53(43)34-48(41)55)39-27-23-36(24-28-39)35-15-8-7-9-16-35)38-26-30-52-49(32-38)57(5,6)47-21-14-20-46-54(47)59(52)51-22-13-12-19-45(51)56(46,3)4/h7-33,48H,34H2,1-6H3. The third kappa shape index (κ3) is 4.63. The molecule has 0 radical (unpaired) electrons. The first kappa shape index (κ1) is 34.6. The van der Waals surface area contributed by atoms with E-state index < -0.39 is 0 Å². The van der Waals surface area contributed by atoms with E-state index in [-0.39, 0.29) is 16.2 Å². The minimum atomic E-state index is -0.184. The molecule has 7 aromatic carbocycles. The zero-order valence-corrected chi connectivity index (χ0v) is 34.8. The van der Waals surface area contributed by atoms with Crippen LogP contribution in [0.3, 0.4) is 0 Å². The second-order valence-corrected chi connectivity index (χ2v) is 19.0. The molecule has 0 bridgehead atoms. The van der Waals surface area contributed by atoms with Crippen molar-refractivity contribution in [2.24, 2.45) is 5.92 Å². The average Bonchev–Trinajstić information content (AvgIpc) is 3.70. The summed E-state index contributed by atoms with van der Waals surface area (Å²) in [7, 11) is 0. The van der Waals surface area contributed by atoms with Crippen molar-refractivity contribution in [3.05, 3.63) is 202 Å². The molecular formula is C57H48N2. The summed E-state index contributed by atoms with van der Waals surface area (Å²) in [6.45, 7) is 14.5. The van der Waals surface area contributed by atoms with Crippen LogP contribution in [-0.4, -0.2) is 4.57 Å². The molecule has 1 aromatic heterocycles. The van der Waals surface area contributed by atoms with Gasteiger partial charge in [0, 0.05) is 33.2 Å². The summed E-state index contributed by atoms with van der Waals surface area (Å²) in [4.78, 5) is 2.56. The number of hydrogen-bond acceptors (Lipinski definition) is 1. The normalized spacial score (nSPS) is 18.2. The molecule has 2 heteroatoms. The third-order valence-electron chi connectivity index (χ3n) is 14.9. The minimum absolute atomic E-state index is 0.0453. The number of rotatable bonds is 3. The van der Waals surface area contributed by atoms with E-state index in [0.717, 1.165) is 6.42 Å². The van der Waals surface area contributed by atoms with Crippen LogP contribution >= 0.6 is 0 Å². The second-order valence-electron chi connectivity index (χ2n) is 19.0. The zero-order valence-electron chi connectivity index (χ0n) is 34.8. The molecule has 1 atom stereocenters. The Kier molecular flexibility index (Phi) is 6.96. The molecule has 2 nitrogen and oxygen atoms in total. The van der Waals surface area contributed by atoms with E-state index in [4.69, 9.17) is 0 Å². The lowest BCUT2D eigenvalue weighted by Crippen LogP contribution is -2.38. The number of para-hydroxylation sites is 2. The topological polar surface area (TPSA) is 8.17 Å². The van der Waals surface area contributed by atoms with Crippen LogP contribution < -0.4 is 4.90 Å². The van der Waals surface area contributed by atoms with E-state index in [1.807, 2.05) is 0 Å². The van der Waals surface area contributed by atoms with Crippen LogP contribution in [0.4, 0.5) is 17.1 Å². The maximum absolute atomic E-state index is 2.56. The van der Waals surface area contributed by atoms with Crippen LogP contribution in [0.15, 0.2) is 158 Å². The fourth-order valence-electron chi connectivity index (χ4n) is 11.7. The molecule has 0 fully saturated rings. The summed E-state index contributed by atoms with van der Waals surface area (Å²) < 4.78 is 2.56. The van der Waals surface area contributed by atoms with Gasteiger partial charge in [0.15, 0.2) is 0 Å². The summed E-state index contributed by atoms with van der Waals surface area (Å²) in [5, 5.41) is 1.32. The Balaban J connectivity index is 1.04. The van der Waals surface area contributed by atoms with E-state index >= 15 is 0 Å². The lowest BCUT2D eigenvalue weighted by molar-refractivity contribution is 0.405. The van der Waals surface area contributed by atoms with E-state index in [0.29, 0.717) is 5.92 Å². The number of nitrogens with zero attached hydrogens (tertiary/aromatic N) is 2. The van der Waals surface area contributed by atoms with Gasteiger partial charge in [-0.25, -0.2) is 0 Å². The predicted octanol–water partition coefficient (Wildman–Crippen LogP) is 14.7. The SMILES string of the molecule is CC1(C)c2ccccc2N2c3ccc(-c4ccc5c(c4)c4c(n5-c5ccc(-c6ccccc6)cc5)CC5C(=C4)c4ccccc4C5(C)C)cc3C(C)(C)c3cccc1c32. The maximum Gasteiger partial charge on any atom is 0.0543 e. The van der Waals surface area contributed by atoms with Crippen molar-refractivity contribution in [1.29, 1.82) is 0 Å². The Morgan fingerprint density at radius 3 is 1.86 bits per heavy atom. The third-order valence-corrected chi connectivity index (χ3v) is 14.9. The number of anilines is 3. The lowest BCUT2D eigenvalue weighted by atomic mass is 9.66. The maximum atomic E-state index is 2.56. The van der Waals surface area contributed by atoms with Crippen molar-refractivity contribution in [1.82, 2.24) is 4.57 Å². The van der Waals surface area contributed by atoms with Crippen LogP contribution in [0.2, 0.25) is 0 Å². The van der Waals surface area contributed by atoms with Gasteiger partial charge in [0.1, 0.15) is 0 Å². The van der Waals surface area contributed by atoms with Crippen LogP contribution in [0, 0.1) is 5.92 Å². The van der Waals surface area contributed by atoms with Gasteiger partial charge in [0.2, 0.25) is 0 Å². The molecule has 0 N–H and O–H groups in total. The van der Waals surface area contributed by atoms with E-state index in [2.05, 4.69) is 215 Å². The molecular weight excluding hydrogens is 713 g/mol. The highest BCUT2D eigenvalue weighted by molar-refractivity contribution is 6.03. The van der Waals surface area contributed by atoms with Crippen molar-refractivity contribution in [3.8, 4) is 27.9 Å². The van der Waals surface area contributed by atoms with E-state index in [9.17, 15) is 0 Å². The Morgan fingerprint density at radius 2 is 1.08 bits per heavy atom. The molecule has 0 amide bonds. The summed E-state index contributed by atoms with van der Waals surface area (Å²) in [6, 6.07) is 59.5. The molecule has 4 aliphatic rings. The Hall–Kier alpha value is -6.38. The molecule has 286 valence electrons. The minimum Gasteiger partial charge on any atom is -0.313 e. The molecule has 0 saturated heterocycles. The van der Waals surface area contributed by atoms with Gasteiger partial charge in [-0.15, -0.1) is 0 Å². The number of hydrogen-bond donors (Lipinski definition) is 0. The van der Waals surface area contributed by atoms with Gasteiger partial charge in [0.25, 0.3) is 0 Å². The number of fused-ring (bicyclic) bond motifs is 10. The van der Waals surface area contributed by atoms with Crippen molar-refractivity contribution >= 4 is 39.6 Å². The molecule has 1 unspecified atom stereocenters. The first-order chi connectivity index (χ1) is 28.5. The molecule has 0 spiro atoms. The molecule has 12 rings (SSSR count). The van der Waals surface area contributed by atoms with Gasteiger partial charge < -0.3 is 9.47 Å². The van der Waals surface area contributed by atoms with Crippen LogP contribution in [-0.2, 0) is 22.7 Å². The molecule has 0 saturated carbocycles. The summed E-state index contributed by atoms with van der Waals surface area (Å²) in [6.07, 6.45) is 3.55. The van der Waals surface area contributed by atoms with Crippen molar-refractivity contribution < 1.29 is 0 Å². The lowest BCUT2D eigenvalue weighted by Gasteiger charge is -2.49. The van der Waals surface area contributed by atoms with Crippen molar-refractivity contribution in [2.45, 2.75) is 64.2 Å². The molecule has 59 heavy (non-hydrogen) atoms. The number of benzene rings is 7. The Morgan fingerprint density at radius 1 is 0.492 bits per heavy atom. The monoisotopic (exact) mass is 760 g/mol. The zero-order chi connectivity index (χ0) is 40.0. The first-order valence-corrected chi connectivity index (χ1v) is 21.4. The molecule has 2 aliphatic carbocycles. The highest BCUT2D eigenvalue weighted by Crippen LogP contribution is 2.60. The fourth-order valence-corrected chi connectivity index (χ4v) is 11.7. The summed E-state index contributed by atoms with van der Waals surface area (Å²) in [5.74, 6) is 0.412. The largest absolute Gasteiger partial charge is 0.313 e. The highest BCUT2D eigenvalue weighted by atomic mass is 15.2. The van der Waals surface area contributed by atoms with E-state index in [1.54, 1.807) is 0 Å². The Labute approximate surface area is 348 Å². The van der Waals surface area contributed by atoms with Gasteiger partial charge >= 0.3 is 0 Å². The van der Waals surface area contributed by atoms with Crippen LogP contribution in [0.1, 0.15) is 86.2 Å². The summed E-state index contributed by atoms with van der Waals surface area (Å²) >= 11 is 0. The van der Waals surface area contributed by atoms with Gasteiger partial charge in [-0.1, -0.05) is 157 Å². The quantitative estimate of drug-likeness (QED) is 0.174. The van der Waals surface area contributed by atoms with Gasteiger partial charge in [0.05, 0.1) is 22.6 Å². The highest BCUT2D eigenvalue weighted by Gasteiger charge is 2.47. The van der Waals surface area contributed by atoms with Crippen molar-refractivity contribution in [2.75, 3.05) is 4.90 Å². The first-order valence-electron chi connectivity index (χ1n) is 21.4. The van der Waals surface area contributed by atoms with Crippen LogP contribution in [0.5, 0.6) is 0 Å². The molecule has 8 aromatic rings. The average molecular weight is 761 g/mol. The number of allylic oxidation sites excluding steroid dienone is 1. The molecule has 3 heterocycles.